The molecular weight excluding hydrogens is 268 g/mol. The van der Waals surface area contributed by atoms with Crippen LogP contribution in [0.5, 0.6) is 0 Å². The molecule has 2 aromatic rings. The van der Waals surface area contributed by atoms with Crippen molar-refractivity contribution in [1.82, 2.24) is 4.98 Å². The first-order valence-corrected chi connectivity index (χ1v) is 6.62. The topological polar surface area (TPSA) is 29.3 Å². The first kappa shape index (κ1) is 11.5. The smallest absolute Gasteiger partial charge is 0.139 e. The van der Waals surface area contributed by atoms with Crippen LogP contribution < -0.4 is 4.90 Å². The third-order valence-electron chi connectivity index (χ3n) is 2.51. The Balaban J connectivity index is 2.38. The molecule has 0 aliphatic heterocycles. The van der Waals surface area contributed by atoms with Crippen LogP contribution in [0.25, 0.3) is 11.0 Å². The highest BCUT2D eigenvalue weighted by molar-refractivity contribution is 9.09. The quantitative estimate of drug-likeness (QED) is 0.787. The van der Waals surface area contributed by atoms with Crippen molar-refractivity contribution >= 4 is 32.7 Å². The number of halogens is 1. The molecule has 0 aliphatic carbocycles. The summed E-state index contributed by atoms with van der Waals surface area (Å²) in [4.78, 5) is 6.75. The van der Waals surface area contributed by atoms with Crippen molar-refractivity contribution in [1.29, 1.82) is 0 Å². The molecule has 0 N–H and O–H groups in total. The molecule has 2 aromatic heterocycles. The van der Waals surface area contributed by atoms with Gasteiger partial charge in [-0.2, -0.15) is 0 Å². The fourth-order valence-corrected chi connectivity index (χ4v) is 2.26. The van der Waals surface area contributed by atoms with Crippen molar-refractivity contribution in [3.8, 4) is 0 Å². The van der Waals surface area contributed by atoms with Crippen molar-refractivity contribution < 1.29 is 4.42 Å². The lowest BCUT2D eigenvalue weighted by molar-refractivity contribution is 0.615. The van der Waals surface area contributed by atoms with E-state index in [4.69, 9.17) is 4.42 Å². The van der Waals surface area contributed by atoms with E-state index in [-0.39, 0.29) is 0 Å². The predicted octanol–water partition coefficient (Wildman–Crippen LogP) is 3.44. The molecule has 0 saturated carbocycles. The second-order valence-corrected chi connectivity index (χ2v) is 4.44. The van der Waals surface area contributed by atoms with Crippen molar-refractivity contribution in [2.24, 2.45) is 0 Å². The minimum absolute atomic E-state index is 0.903. The molecule has 0 unspecified atom stereocenters. The summed E-state index contributed by atoms with van der Waals surface area (Å²) < 4.78 is 5.39. The molecule has 4 heteroatoms. The molecule has 2 heterocycles. The SMILES string of the molecule is CCCN(CCBr)c1nccc2occc12. The van der Waals surface area contributed by atoms with E-state index in [9.17, 15) is 0 Å². The summed E-state index contributed by atoms with van der Waals surface area (Å²) in [6, 6.07) is 3.88. The molecule has 0 aromatic carbocycles. The van der Waals surface area contributed by atoms with E-state index in [1.807, 2.05) is 12.1 Å². The van der Waals surface area contributed by atoms with Gasteiger partial charge in [-0.1, -0.05) is 22.9 Å². The van der Waals surface area contributed by atoms with E-state index in [1.54, 1.807) is 12.5 Å². The lowest BCUT2D eigenvalue weighted by atomic mass is 10.3. The lowest BCUT2D eigenvalue weighted by Crippen LogP contribution is -2.27. The zero-order valence-electron chi connectivity index (χ0n) is 9.32. The number of hydrogen-bond donors (Lipinski definition) is 0. The van der Waals surface area contributed by atoms with Crippen LogP contribution in [-0.4, -0.2) is 23.4 Å². The van der Waals surface area contributed by atoms with E-state index in [0.717, 1.165) is 41.6 Å². The second kappa shape index (κ2) is 5.34. The van der Waals surface area contributed by atoms with Gasteiger partial charge in [0, 0.05) is 24.6 Å². The molecule has 0 saturated heterocycles. The highest BCUT2D eigenvalue weighted by Gasteiger charge is 2.11. The molecule has 0 fully saturated rings. The number of pyridine rings is 1. The van der Waals surface area contributed by atoms with Gasteiger partial charge in [0.1, 0.15) is 11.4 Å². The Morgan fingerprint density at radius 1 is 1.38 bits per heavy atom. The lowest BCUT2D eigenvalue weighted by Gasteiger charge is -2.22. The summed E-state index contributed by atoms with van der Waals surface area (Å²) in [5.74, 6) is 1.02. The number of fused-ring (bicyclic) bond motifs is 1. The van der Waals surface area contributed by atoms with Gasteiger partial charge in [0.2, 0.25) is 0 Å². The van der Waals surface area contributed by atoms with Gasteiger partial charge in [-0.15, -0.1) is 0 Å². The third kappa shape index (κ3) is 2.21. The molecule has 16 heavy (non-hydrogen) atoms. The Bertz CT molecular complexity index is 449. The van der Waals surface area contributed by atoms with E-state index >= 15 is 0 Å². The van der Waals surface area contributed by atoms with Gasteiger partial charge >= 0.3 is 0 Å². The van der Waals surface area contributed by atoms with Crippen molar-refractivity contribution in [3.63, 3.8) is 0 Å². The molecular formula is C12H15BrN2O. The van der Waals surface area contributed by atoms with Crippen LogP contribution in [0, 0.1) is 0 Å². The molecule has 0 radical (unpaired) electrons. The van der Waals surface area contributed by atoms with E-state index in [0.29, 0.717) is 0 Å². The molecule has 2 rings (SSSR count). The van der Waals surface area contributed by atoms with Gasteiger partial charge in [0.25, 0.3) is 0 Å². The number of hydrogen-bond acceptors (Lipinski definition) is 3. The van der Waals surface area contributed by atoms with Gasteiger partial charge in [-0.25, -0.2) is 4.98 Å². The highest BCUT2D eigenvalue weighted by Crippen LogP contribution is 2.25. The molecule has 0 aliphatic rings. The zero-order valence-corrected chi connectivity index (χ0v) is 10.9. The Morgan fingerprint density at radius 2 is 2.25 bits per heavy atom. The maximum Gasteiger partial charge on any atom is 0.139 e. The van der Waals surface area contributed by atoms with Crippen LogP contribution in [0.4, 0.5) is 5.82 Å². The highest BCUT2D eigenvalue weighted by atomic mass is 79.9. The normalized spacial score (nSPS) is 10.9. The van der Waals surface area contributed by atoms with Crippen LogP contribution in [0.3, 0.4) is 0 Å². The molecule has 0 amide bonds. The summed E-state index contributed by atoms with van der Waals surface area (Å²) in [7, 11) is 0. The summed E-state index contributed by atoms with van der Waals surface area (Å²) in [6.45, 7) is 4.16. The Labute approximate surface area is 104 Å². The number of furan rings is 1. The van der Waals surface area contributed by atoms with Crippen LogP contribution in [0.2, 0.25) is 0 Å². The molecule has 86 valence electrons. The number of alkyl halides is 1. The first-order valence-electron chi connectivity index (χ1n) is 5.50. The van der Waals surface area contributed by atoms with Gasteiger partial charge < -0.3 is 9.32 Å². The maximum atomic E-state index is 5.39. The van der Waals surface area contributed by atoms with Crippen LogP contribution in [0.15, 0.2) is 29.0 Å². The van der Waals surface area contributed by atoms with Crippen LogP contribution >= 0.6 is 15.9 Å². The number of anilines is 1. The van der Waals surface area contributed by atoms with Gasteiger partial charge in [0.15, 0.2) is 0 Å². The maximum absolute atomic E-state index is 5.39. The monoisotopic (exact) mass is 282 g/mol. The van der Waals surface area contributed by atoms with Crippen LogP contribution in [0.1, 0.15) is 13.3 Å². The summed E-state index contributed by atoms with van der Waals surface area (Å²) in [5.41, 5.74) is 0.903. The molecule has 0 atom stereocenters. The number of rotatable bonds is 5. The van der Waals surface area contributed by atoms with E-state index in [1.165, 1.54) is 0 Å². The summed E-state index contributed by atoms with van der Waals surface area (Å²) in [5, 5.41) is 2.04. The van der Waals surface area contributed by atoms with E-state index in [2.05, 4.69) is 32.7 Å². The molecule has 0 bridgehead atoms. The average molecular weight is 283 g/mol. The average Bonchev–Trinajstić information content (AvgIpc) is 2.76. The predicted molar refractivity (Wildman–Crippen MR) is 70.3 cm³/mol. The first-order chi connectivity index (χ1) is 7.86. The summed E-state index contributed by atoms with van der Waals surface area (Å²) >= 11 is 3.48. The fraction of sp³-hybridized carbons (Fsp3) is 0.417. The Kier molecular flexibility index (Phi) is 3.83. The van der Waals surface area contributed by atoms with Gasteiger partial charge in [-0.3, -0.25) is 0 Å². The minimum Gasteiger partial charge on any atom is -0.464 e. The van der Waals surface area contributed by atoms with Crippen molar-refractivity contribution in [2.75, 3.05) is 23.3 Å². The van der Waals surface area contributed by atoms with E-state index < -0.39 is 0 Å². The molecule has 0 spiro atoms. The van der Waals surface area contributed by atoms with Crippen LogP contribution in [-0.2, 0) is 0 Å². The molecule has 3 nitrogen and oxygen atoms in total. The minimum atomic E-state index is 0.903. The van der Waals surface area contributed by atoms with Crippen molar-refractivity contribution in [3.05, 3.63) is 24.6 Å². The van der Waals surface area contributed by atoms with Crippen molar-refractivity contribution in [2.45, 2.75) is 13.3 Å². The second-order valence-electron chi connectivity index (χ2n) is 3.64. The largest absolute Gasteiger partial charge is 0.464 e. The van der Waals surface area contributed by atoms with Gasteiger partial charge in [0.05, 0.1) is 11.6 Å². The summed E-state index contributed by atoms with van der Waals surface area (Å²) in [6.07, 6.45) is 4.63. The number of aromatic nitrogens is 1. The third-order valence-corrected chi connectivity index (χ3v) is 2.86. The Hall–Kier alpha value is -1.03. The fourth-order valence-electron chi connectivity index (χ4n) is 1.83. The Morgan fingerprint density at radius 3 is 3.00 bits per heavy atom. The van der Waals surface area contributed by atoms with Gasteiger partial charge in [-0.05, 0) is 18.6 Å². The standard InChI is InChI=1S/C12H15BrN2O/c1-2-7-15(8-5-13)12-10-4-9-16-11(10)3-6-14-12/h3-4,6,9H,2,5,7-8H2,1H3. The zero-order chi connectivity index (χ0) is 11.4. The number of nitrogens with zero attached hydrogens (tertiary/aromatic N) is 2.